The van der Waals surface area contributed by atoms with E-state index in [1.54, 1.807) is 23.2 Å². The van der Waals surface area contributed by atoms with Gasteiger partial charge in [0.05, 0.1) is 10.5 Å². The molecule has 0 saturated carbocycles. The minimum atomic E-state index is -0.299. The highest BCUT2D eigenvalue weighted by atomic mass is 32.2. The molecule has 2 aromatic heterocycles. The van der Waals surface area contributed by atoms with E-state index in [4.69, 9.17) is 22.9 Å². The van der Waals surface area contributed by atoms with Crippen LogP contribution in [0, 0.1) is 12.8 Å². The van der Waals surface area contributed by atoms with Crippen molar-refractivity contribution in [3.8, 4) is 0 Å². The molecule has 32 heavy (non-hydrogen) atoms. The third-order valence-corrected chi connectivity index (χ3v) is 7.24. The standard InChI is InChI=1S/C22H25N5O3S2/c1-3-8-27-21(30)16(32-22(27)31)12-15-19(25-10-6-14(7-11-25)17(23)28)24-18-13(2)5-4-9-26(18)20(15)29/h4-5,9,12,14H,3,6-8,10-11H2,1-2H3,(H2,23,28)/b16-12+. The highest BCUT2D eigenvalue weighted by Crippen LogP contribution is 2.34. The first-order valence-electron chi connectivity index (χ1n) is 10.6. The van der Waals surface area contributed by atoms with E-state index in [-0.39, 0.29) is 23.3 Å². The Hall–Kier alpha value is -2.72. The number of fused-ring (bicyclic) bond motifs is 1. The second kappa shape index (κ2) is 9.03. The Balaban J connectivity index is 1.83. The molecule has 0 aromatic carbocycles. The number of primary amides is 1. The second-order valence-electron chi connectivity index (χ2n) is 8.04. The molecule has 2 aromatic rings. The number of amides is 2. The molecule has 0 radical (unpaired) electrons. The number of thioether (sulfide) groups is 1. The number of thiocarbonyl (C=S) groups is 1. The number of aryl methyl sites for hydroxylation is 1. The minimum Gasteiger partial charge on any atom is -0.369 e. The number of anilines is 1. The van der Waals surface area contributed by atoms with Crippen molar-refractivity contribution >= 4 is 57.7 Å². The summed E-state index contributed by atoms with van der Waals surface area (Å²) in [6.45, 7) is 5.54. The van der Waals surface area contributed by atoms with Gasteiger partial charge in [-0.1, -0.05) is 37.0 Å². The summed E-state index contributed by atoms with van der Waals surface area (Å²) >= 11 is 6.58. The number of aromatic nitrogens is 2. The predicted octanol–water partition coefficient (Wildman–Crippen LogP) is 2.32. The van der Waals surface area contributed by atoms with Crippen molar-refractivity contribution in [2.24, 2.45) is 11.7 Å². The maximum Gasteiger partial charge on any atom is 0.267 e. The Kier molecular flexibility index (Phi) is 6.34. The van der Waals surface area contributed by atoms with Crippen LogP contribution < -0.4 is 16.2 Å². The van der Waals surface area contributed by atoms with Crippen LogP contribution in [0.5, 0.6) is 0 Å². The van der Waals surface area contributed by atoms with E-state index in [0.717, 1.165) is 12.0 Å². The lowest BCUT2D eigenvalue weighted by molar-refractivity contribution is -0.123. The number of rotatable bonds is 5. The Labute approximate surface area is 195 Å². The fourth-order valence-corrected chi connectivity index (χ4v) is 5.38. The quantitative estimate of drug-likeness (QED) is 0.527. The lowest BCUT2D eigenvalue weighted by Crippen LogP contribution is -2.40. The van der Waals surface area contributed by atoms with Gasteiger partial charge in [0.25, 0.3) is 11.5 Å². The number of hydrogen-bond acceptors (Lipinski definition) is 7. The summed E-state index contributed by atoms with van der Waals surface area (Å²) in [5.41, 5.74) is 7.03. The zero-order valence-electron chi connectivity index (χ0n) is 18.0. The molecule has 2 saturated heterocycles. The van der Waals surface area contributed by atoms with Gasteiger partial charge >= 0.3 is 0 Å². The number of carbonyl (C=O) groups excluding carboxylic acids is 2. The first-order chi connectivity index (χ1) is 15.3. The number of nitrogens with two attached hydrogens (primary N) is 1. The molecule has 0 unspecified atom stereocenters. The van der Waals surface area contributed by atoms with Crippen LogP contribution in [0.4, 0.5) is 5.82 Å². The molecule has 10 heteroatoms. The SMILES string of the molecule is CCCN1C(=O)/C(=C\c2c(N3CCC(C(N)=O)CC3)nc3c(C)cccn3c2=O)SC1=S. The van der Waals surface area contributed by atoms with Crippen LogP contribution in [-0.2, 0) is 9.59 Å². The fourth-order valence-electron chi connectivity index (χ4n) is 4.09. The van der Waals surface area contributed by atoms with Gasteiger partial charge in [-0.05, 0) is 43.9 Å². The zero-order valence-corrected chi connectivity index (χ0v) is 19.7. The number of nitrogens with zero attached hydrogens (tertiary/aromatic N) is 4. The molecule has 2 N–H and O–H groups in total. The smallest absolute Gasteiger partial charge is 0.267 e. The number of pyridine rings is 1. The molecule has 4 rings (SSSR count). The molecule has 0 atom stereocenters. The van der Waals surface area contributed by atoms with Gasteiger partial charge in [-0.15, -0.1) is 0 Å². The number of piperidine rings is 1. The summed E-state index contributed by atoms with van der Waals surface area (Å²) < 4.78 is 2.00. The molecule has 2 fully saturated rings. The van der Waals surface area contributed by atoms with E-state index in [1.165, 1.54) is 16.2 Å². The van der Waals surface area contributed by atoms with Crippen LogP contribution in [0.1, 0.15) is 37.3 Å². The Morgan fingerprint density at radius 3 is 2.72 bits per heavy atom. The Morgan fingerprint density at radius 1 is 1.34 bits per heavy atom. The van der Waals surface area contributed by atoms with Gasteiger partial charge in [-0.2, -0.15) is 0 Å². The molecule has 0 bridgehead atoms. The van der Waals surface area contributed by atoms with Crippen LogP contribution >= 0.6 is 24.0 Å². The van der Waals surface area contributed by atoms with Crippen LogP contribution in [0.15, 0.2) is 28.0 Å². The molecule has 2 aliphatic heterocycles. The lowest BCUT2D eigenvalue weighted by atomic mass is 9.96. The summed E-state index contributed by atoms with van der Waals surface area (Å²) in [7, 11) is 0. The number of carbonyl (C=O) groups is 2. The number of hydrogen-bond donors (Lipinski definition) is 1. The largest absolute Gasteiger partial charge is 0.369 e. The molecular formula is C22H25N5O3S2. The minimum absolute atomic E-state index is 0.178. The zero-order chi connectivity index (χ0) is 23.0. The van der Waals surface area contributed by atoms with Gasteiger partial charge in [0.15, 0.2) is 0 Å². The summed E-state index contributed by atoms with van der Waals surface area (Å²) in [6.07, 6.45) is 5.29. The van der Waals surface area contributed by atoms with Gasteiger partial charge in [-0.3, -0.25) is 23.7 Å². The van der Waals surface area contributed by atoms with E-state index < -0.39 is 0 Å². The normalized spacial score (nSPS) is 18.9. The van der Waals surface area contributed by atoms with Crippen LogP contribution in [0.2, 0.25) is 0 Å². The maximum atomic E-state index is 13.5. The summed E-state index contributed by atoms with van der Waals surface area (Å²) in [5.74, 6) is -0.142. The van der Waals surface area contributed by atoms with E-state index in [2.05, 4.69) is 0 Å². The first-order valence-corrected chi connectivity index (χ1v) is 11.9. The molecule has 168 valence electrons. The van der Waals surface area contributed by atoms with E-state index in [1.807, 2.05) is 24.8 Å². The van der Waals surface area contributed by atoms with Crippen molar-refractivity contribution in [2.75, 3.05) is 24.5 Å². The van der Waals surface area contributed by atoms with Gasteiger partial charge < -0.3 is 10.6 Å². The molecule has 0 aliphatic carbocycles. The van der Waals surface area contributed by atoms with Gasteiger partial charge in [0, 0.05) is 31.7 Å². The fraction of sp³-hybridized carbons (Fsp3) is 0.409. The molecular weight excluding hydrogens is 446 g/mol. The van der Waals surface area contributed by atoms with E-state index in [9.17, 15) is 14.4 Å². The highest BCUT2D eigenvalue weighted by Gasteiger charge is 2.33. The van der Waals surface area contributed by atoms with Crippen LogP contribution in [0.3, 0.4) is 0 Å². The van der Waals surface area contributed by atoms with Gasteiger partial charge in [-0.25, -0.2) is 4.98 Å². The maximum absolute atomic E-state index is 13.5. The van der Waals surface area contributed by atoms with Crippen molar-refractivity contribution in [1.29, 1.82) is 0 Å². The average Bonchev–Trinajstić information content (AvgIpc) is 3.04. The summed E-state index contributed by atoms with van der Waals surface area (Å²) in [6, 6.07) is 3.70. The average molecular weight is 472 g/mol. The van der Waals surface area contributed by atoms with Gasteiger partial charge in [0.1, 0.15) is 15.8 Å². The lowest BCUT2D eigenvalue weighted by Gasteiger charge is -2.32. The molecule has 2 aliphatic rings. The van der Waals surface area contributed by atoms with Crippen molar-refractivity contribution in [1.82, 2.24) is 14.3 Å². The molecule has 8 nitrogen and oxygen atoms in total. The summed E-state index contributed by atoms with van der Waals surface area (Å²) in [5, 5.41) is 0. The van der Waals surface area contributed by atoms with Crippen LogP contribution in [-0.4, -0.2) is 50.1 Å². The van der Waals surface area contributed by atoms with Gasteiger partial charge in [0.2, 0.25) is 5.91 Å². The van der Waals surface area contributed by atoms with Crippen molar-refractivity contribution in [3.63, 3.8) is 0 Å². The first kappa shape index (κ1) is 22.5. The van der Waals surface area contributed by atoms with Crippen molar-refractivity contribution in [3.05, 3.63) is 44.7 Å². The third-order valence-electron chi connectivity index (χ3n) is 5.86. The monoisotopic (exact) mass is 471 g/mol. The predicted molar refractivity (Wildman–Crippen MR) is 131 cm³/mol. The van der Waals surface area contributed by atoms with Crippen LogP contribution in [0.25, 0.3) is 11.7 Å². The molecule has 2 amide bonds. The highest BCUT2D eigenvalue weighted by molar-refractivity contribution is 8.26. The Morgan fingerprint density at radius 2 is 2.06 bits per heavy atom. The molecule has 0 spiro atoms. The van der Waals surface area contributed by atoms with E-state index in [0.29, 0.717) is 58.7 Å². The van der Waals surface area contributed by atoms with Crippen molar-refractivity contribution in [2.45, 2.75) is 33.1 Å². The topological polar surface area (TPSA) is 101 Å². The van der Waals surface area contributed by atoms with E-state index >= 15 is 0 Å². The summed E-state index contributed by atoms with van der Waals surface area (Å²) in [4.78, 5) is 46.8. The Bertz CT molecular complexity index is 1200. The second-order valence-corrected chi connectivity index (χ2v) is 9.71. The van der Waals surface area contributed by atoms with Crippen molar-refractivity contribution < 1.29 is 9.59 Å². The third kappa shape index (κ3) is 4.04. The molecule has 4 heterocycles.